The van der Waals surface area contributed by atoms with Gasteiger partial charge in [-0.1, -0.05) is 49.4 Å². The maximum atomic E-state index is 11.9. The van der Waals surface area contributed by atoms with Gasteiger partial charge < -0.3 is 10.6 Å². The smallest absolute Gasteiger partial charge is 0.224 e. The number of benzene rings is 2. The maximum absolute atomic E-state index is 11.9. The average Bonchev–Trinajstić information content (AvgIpc) is 3.12. The third-order valence-electron chi connectivity index (χ3n) is 5.28. The first-order valence-electron chi connectivity index (χ1n) is 9.18. The van der Waals surface area contributed by atoms with E-state index in [9.17, 15) is 4.79 Å². The monoisotopic (exact) mass is 332 g/mol. The number of carbonyl (C=O) groups is 1. The minimum atomic E-state index is 0.0897. The minimum absolute atomic E-state index is 0.0897. The van der Waals surface area contributed by atoms with Gasteiger partial charge in [0.05, 0.1) is 6.04 Å². The number of hydrogen-bond donors (Lipinski definition) is 2. The second kappa shape index (κ2) is 6.75. The van der Waals surface area contributed by atoms with E-state index in [0.717, 1.165) is 18.5 Å². The fraction of sp³-hybridized carbons (Fsp3) is 0.318. The molecule has 0 saturated heterocycles. The van der Waals surface area contributed by atoms with Crippen molar-refractivity contribution in [3.63, 3.8) is 0 Å². The normalized spacial score (nSPS) is 23.5. The molecule has 3 nitrogen and oxygen atoms in total. The summed E-state index contributed by atoms with van der Waals surface area (Å²) in [5, 5.41) is 6.76. The van der Waals surface area contributed by atoms with Gasteiger partial charge in [-0.25, -0.2) is 0 Å². The summed E-state index contributed by atoms with van der Waals surface area (Å²) in [4.78, 5) is 11.9. The molecule has 0 spiro atoms. The molecule has 3 atom stereocenters. The Balaban J connectivity index is 1.65. The molecule has 2 N–H and O–H groups in total. The Labute approximate surface area is 149 Å². The molecule has 1 heterocycles. The standard InChI is InChI=1S/C22H24N2O/c1-2-7-21(25)23-16-12-13-20-19(14-16)17-10-6-11-18(17)22(24-20)15-8-4-3-5-9-15/h3-6,8-10,12-14,17-18,22,24H,2,7,11H2,1H3,(H,23,25). The number of amides is 1. The largest absolute Gasteiger partial charge is 0.378 e. The fourth-order valence-corrected chi connectivity index (χ4v) is 4.11. The molecular formula is C22H24N2O. The van der Waals surface area contributed by atoms with Crippen LogP contribution >= 0.6 is 0 Å². The maximum Gasteiger partial charge on any atom is 0.224 e. The Morgan fingerprint density at radius 3 is 2.84 bits per heavy atom. The highest BCUT2D eigenvalue weighted by Gasteiger charge is 2.37. The van der Waals surface area contributed by atoms with Crippen molar-refractivity contribution in [2.75, 3.05) is 10.6 Å². The first-order chi connectivity index (χ1) is 12.3. The summed E-state index contributed by atoms with van der Waals surface area (Å²) >= 11 is 0. The Bertz CT molecular complexity index is 797. The van der Waals surface area contributed by atoms with Gasteiger partial charge in [0.1, 0.15) is 0 Å². The zero-order valence-electron chi connectivity index (χ0n) is 14.5. The van der Waals surface area contributed by atoms with Gasteiger partial charge in [0.25, 0.3) is 0 Å². The summed E-state index contributed by atoms with van der Waals surface area (Å²) in [7, 11) is 0. The molecule has 0 radical (unpaired) electrons. The van der Waals surface area contributed by atoms with Crippen molar-refractivity contribution < 1.29 is 4.79 Å². The van der Waals surface area contributed by atoms with Crippen LogP contribution in [0, 0.1) is 5.92 Å². The first kappa shape index (κ1) is 15.9. The Kier molecular flexibility index (Phi) is 4.31. The second-order valence-electron chi connectivity index (χ2n) is 6.99. The van der Waals surface area contributed by atoms with Gasteiger partial charge in [-0.3, -0.25) is 4.79 Å². The lowest BCUT2D eigenvalue weighted by molar-refractivity contribution is -0.116. The van der Waals surface area contributed by atoms with Crippen molar-refractivity contribution in [3.8, 4) is 0 Å². The van der Waals surface area contributed by atoms with E-state index < -0.39 is 0 Å². The lowest BCUT2D eigenvalue weighted by Gasteiger charge is -2.37. The number of carbonyl (C=O) groups excluding carboxylic acids is 1. The van der Waals surface area contributed by atoms with Gasteiger partial charge in [-0.15, -0.1) is 0 Å². The van der Waals surface area contributed by atoms with E-state index >= 15 is 0 Å². The van der Waals surface area contributed by atoms with Crippen LogP contribution < -0.4 is 10.6 Å². The van der Waals surface area contributed by atoms with Crippen LogP contribution in [0.2, 0.25) is 0 Å². The molecular weight excluding hydrogens is 308 g/mol. The molecule has 0 fully saturated rings. The summed E-state index contributed by atoms with van der Waals surface area (Å²) in [6, 6.07) is 17.3. The van der Waals surface area contributed by atoms with E-state index in [4.69, 9.17) is 0 Å². The van der Waals surface area contributed by atoms with E-state index in [-0.39, 0.29) is 5.91 Å². The van der Waals surface area contributed by atoms with Gasteiger partial charge >= 0.3 is 0 Å². The van der Waals surface area contributed by atoms with Crippen LogP contribution in [0.4, 0.5) is 11.4 Å². The molecule has 0 aromatic heterocycles. The number of anilines is 2. The number of allylic oxidation sites excluding steroid dienone is 2. The van der Waals surface area contributed by atoms with E-state index in [1.54, 1.807) is 0 Å². The predicted octanol–water partition coefficient (Wildman–Crippen LogP) is 5.25. The van der Waals surface area contributed by atoms with Gasteiger partial charge in [0.2, 0.25) is 5.91 Å². The molecule has 3 unspecified atom stereocenters. The number of rotatable bonds is 4. The molecule has 1 aliphatic heterocycles. The quantitative estimate of drug-likeness (QED) is 0.751. The molecule has 25 heavy (non-hydrogen) atoms. The Morgan fingerprint density at radius 2 is 2.04 bits per heavy atom. The molecule has 2 aliphatic rings. The lowest BCUT2D eigenvalue weighted by atomic mass is 9.77. The van der Waals surface area contributed by atoms with Gasteiger partial charge in [0, 0.05) is 23.7 Å². The van der Waals surface area contributed by atoms with Gasteiger partial charge in [-0.05, 0) is 48.1 Å². The van der Waals surface area contributed by atoms with Crippen LogP contribution in [0.3, 0.4) is 0 Å². The van der Waals surface area contributed by atoms with Crippen LogP contribution in [-0.4, -0.2) is 5.91 Å². The molecule has 2 aromatic carbocycles. The van der Waals surface area contributed by atoms with Crippen molar-refractivity contribution in [2.45, 2.75) is 38.1 Å². The van der Waals surface area contributed by atoms with E-state index in [1.807, 2.05) is 13.0 Å². The molecule has 1 aliphatic carbocycles. The topological polar surface area (TPSA) is 41.1 Å². The van der Waals surface area contributed by atoms with Crippen LogP contribution in [-0.2, 0) is 4.79 Å². The SMILES string of the molecule is CCCC(=O)Nc1ccc2c(c1)C1C=CCC1C(c1ccccc1)N2. The third kappa shape index (κ3) is 3.07. The molecule has 0 saturated carbocycles. The van der Waals surface area contributed by atoms with Crippen LogP contribution in [0.1, 0.15) is 49.3 Å². The van der Waals surface area contributed by atoms with Crippen molar-refractivity contribution in [2.24, 2.45) is 5.92 Å². The summed E-state index contributed by atoms with van der Waals surface area (Å²) in [6.07, 6.45) is 7.15. The van der Waals surface area contributed by atoms with E-state index in [1.165, 1.54) is 16.8 Å². The molecule has 2 aromatic rings. The highest BCUT2D eigenvalue weighted by Crippen LogP contribution is 2.50. The molecule has 4 rings (SSSR count). The number of hydrogen-bond acceptors (Lipinski definition) is 2. The lowest BCUT2D eigenvalue weighted by Crippen LogP contribution is -2.29. The highest BCUT2D eigenvalue weighted by atomic mass is 16.1. The molecule has 1 amide bonds. The van der Waals surface area contributed by atoms with Crippen molar-refractivity contribution in [3.05, 3.63) is 71.8 Å². The van der Waals surface area contributed by atoms with E-state index in [0.29, 0.717) is 24.3 Å². The summed E-state index contributed by atoms with van der Waals surface area (Å²) in [5.41, 5.74) is 4.71. The van der Waals surface area contributed by atoms with Crippen LogP contribution in [0.25, 0.3) is 0 Å². The summed E-state index contributed by atoms with van der Waals surface area (Å²) in [5.74, 6) is 1.02. The van der Waals surface area contributed by atoms with E-state index in [2.05, 4.69) is 65.3 Å². The zero-order valence-corrected chi connectivity index (χ0v) is 14.5. The molecule has 0 bridgehead atoms. The predicted molar refractivity (Wildman–Crippen MR) is 103 cm³/mol. The number of fused-ring (bicyclic) bond motifs is 3. The summed E-state index contributed by atoms with van der Waals surface area (Å²) < 4.78 is 0. The highest BCUT2D eigenvalue weighted by molar-refractivity contribution is 5.91. The van der Waals surface area contributed by atoms with Crippen molar-refractivity contribution >= 4 is 17.3 Å². The van der Waals surface area contributed by atoms with Gasteiger partial charge in [-0.2, -0.15) is 0 Å². The van der Waals surface area contributed by atoms with Crippen molar-refractivity contribution in [1.29, 1.82) is 0 Å². The Hall–Kier alpha value is -2.55. The van der Waals surface area contributed by atoms with Crippen molar-refractivity contribution in [1.82, 2.24) is 0 Å². The Morgan fingerprint density at radius 1 is 1.20 bits per heavy atom. The summed E-state index contributed by atoms with van der Waals surface area (Å²) in [6.45, 7) is 2.02. The van der Waals surface area contributed by atoms with Crippen LogP contribution in [0.5, 0.6) is 0 Å². The number of nitrogens with one attached hydrogen (secondary N) is 2. The molecule has 3 heteroatoms. The fourth-order valence-electron chi connectivity index (χ4n) is 4.11. The molecule has 128 valence electrons. The first-order valence-corrected chi connectivity index (χ1v) is 9.18. The zero-order chi connectivity index (χ0) is 17.2. The average molecular weight is 332 g/mol. The van der Waals surface area contributed by atoms with Crippen LogP contribution in [0.15, 0.2) is 60.7 Å². The van der Waals surface area contributed by atoms with Gasteiger partial charge in [0.15, 0.2) is 0 Å². The second-order valence-corrected chi connectivity index (χ2v) is 6.99. The third-order valence-corrected chi connectivity index (χ3v) is 5.28. The minimum Gasteiger partial charge on any atom is -0.378 e.